The molecule has 0 saturated carbocycles. The average molecular weight is 449 g/mol. The van der Waals surface area contributed by atoms with Crippen LogP contribution >= 0.6 is 0 Å². The minimum Gasteiger partial charge on any atom is -0.366 e. The molecule has 3 aromatic rings. The first kappa shape index (κ1) is 22.3. The van der Waals surface area contributed by atoms with Crippen LogP contribution < -0.4 is 21.3 Å². The Morgan fingerprint density at radius 3 is 2.48 bits per heavy atom. The number of urea groups is 1. The number of rotatable bonds is 5. The molecule has 1 saturated heterocycles. The highest BCUT2D eigenvalue weighted by atomic mass is 16.2. The Hall–Kier alpha value is -3.95. The molecule has 10 heteroatoms. The number of primary amides is 1. The summed E-state index contributed by atoms with van der Waals surface area (Å²) < 4.78 is 1.65. The van der Waals surface area contributed by atoms with Crippen molar-refractivity contribution in [3.8, 4) is 5.69 Å². The van der Waals surface area contributed by atoms with Crippen molar-refractivity contribution in [2.45, 2.75) is 39.7 Å². The molecule has 1 aromatic carbocycles. The highest BCUT2D eigenvalue weighted by Crippen LogP contribution is 2.23. The standard InChI is InChI=1S/C23H28N8O2/c1-14-12-25-31(13-14)20-5-4-17(22(24)32)11-19(20)29-23(33)28-18-6-8-30(9-7-18)21-10-15(2)26-16(3)27-21/h4-5,10-13,18H,6-9H2,1-3H3,(H2,24,32)(H2,28,29,33). The second-order valence-electron chi connectivity index (χ2n) is 8.33. The van der Waals surface area contributed by atoms with Crippen LogP contribution in [0.3, 0.4) is 0 Å². The molecule has 3 amide bonds. The first-order valence-corrected chi connectivity index (χ1v) is 10.9. The summed E-state index contributed by atoms with van der Waals surface area (Å²) in [5.41, 5.74) is 8.76. The quantitative estimate of drug-likeness (QED) is 0.550. The van der Waals surface area contributed by atoms with Gasteiger partial charge < -0.3 is 21.3 Å². The molecule has 1 fully saturated rings. The zero-order valence-electron chi connectivity index (χ0n) is 19.0. The summed E-state index contributed by atoms with van der Waals surface area (Å²) in [6.07, 6.45) is 5.15. The van der Waals surface area contributed by atoms with Gasteiger partial charge in [-0.25, -0.2) is 19.4 Å². The highest BCUT2D eigenvalue weighted by molar-refractivity contribution is 5.97. The summed E-state index contributed by atoms with van der Waals surface area (Å²) in [7, 11) is 0. The second-order valence-corrected chi connectivity index (χ2v) is 8.33. The van der Waals surface area contributed by atoms with E-state index in [9.17, 15) is 9.59 Å². The van der Waals surface area contributed by atoms with Gasteiger partial charge in [0.1, 0.15) is 11.6 Å². The van der Waals surface area contributed by atoms with Crippen LogP contribution in [0.2, 0.25) is 0 Å². The fourth-order valence-electron chi connectivity index (χ4n) is 3.99. The lowest BCUT2D eigenvalue weighted by molar-refractivity contribution is 0.1000. The molecule has 4 N–H and O–H groups in total. The lowest BCUT2D eigenvalue weighted by Crippen LogP contribution is -2.46. The van der Waals surface area contributed by atoms with Crippen LogP contribution in [0, 0.1) is 20.8 Å². The molecular weight excluding hydrogens is 420 g/mol. The van der Waals surface area contributed by atoms with Gasteiger partial charge in [0, 0.05) is 42.7 Å². The van der Waals surface area contributed by atoms with Crippen LogP contribution in [0.25, 0.3) is 5.69 Å². The molecule has 0 spiro atoms. The molecule has 0 atom stereocenters. The molecule has 0 unspecified atom stereocenters. The number of aromatic nitrogens is 4. The third kappa shape index (κ3) is 5.28. The number of piperidine rings is 1. The topological polar surface area (TPSA) is 131 Å². The van der Waals surface area contributed by atoms with Crippen molar-refractivity contribution in [3.63, 3.8) is 0 Å². The molecule has 3 heterocycles. The van der Waals surface area contributed by atoms with Crippen molar-refractivity contribution in [1.29, 1.82) is 0 Å². The fraction of sp³-hybridized carbons (Fsp3) is 0.348. The van der Waals surface area contributed by atoms with Crippen molar-refractivity contribution in [1.82, 2.24) is 25.1 Å². The molecule has 0 radical (unpaired) electrons. The number of nitrogens with zero attached hydrogens (tertiary/aromatic N) is 5. The number of amides is 3. The third-order valence-corrected chi connectivity index (χ3v) is 5.59. The molecule has 172 valence electrons. The van der Waals surface area contributed by atoms with E-state index in [1.807, 2.05) is 33.0 Å². The van der Waals surface area contributed by atoms with E-state index in [1.165, 1.54) is 0 Å². The van der Waals surface area contributed by atoms with Gasteiger partial charge in [-0.15, -0.1) is 0 Å². The monoisotopic (exact) mass is 448 g/mol. The minimum absolute atomic E-state index is 0.0278. The van der Waals surface area contributed by atoms with Crippen LogP contribution in [0.15, 0.2) is 36.7 Å². The lowest BCUT2D eigenvalue weighted by atomic mass is 10.1. The maximum atomic E-state index is 12.8. The Labute approximate surface area is 192 Å². The van der Waals surface area contributed by atoms with Crippen LogP contribution in [0.4, 0.5) is 16.3 Å². The summed E-state index contributed by atoms with van der Waals surface area (Å²) in [5.74, 6) is 1.11. The summed E-state index contributed by atoms with van der Waals surface area (Å²) in [5, 5.41) is 10.2. The Morgan fingerprint density at radius 1 is 1.09 bits per heavy atom. The Bertz CT molecular complexity index is 1160. The molecule has 0 aliphatic carbocycles. The molecule has 33 heavy (non-hydrogen) atoms. The summed E-state index contributed by atoms with van der Waals surface area (Å²) in [4.78, 5) is 35.5. The molecule has 1 aliphatic rings. The largest absolute Gasteiger partial charge is 0.366 e. The summed E-state index contributed by atoms with van der Waals surface area (Å²) >= 11 is 0. The molecule has 1 aliphatic heterocycles. The van der Waals surface area contributed by atoms with Crippen molar-refractivity contribution < 1.29 is 9.59 Å². The van der Waals surface area contributed by atoms with Gasteiger partial charge in [0.05, 0.1) is 17.6 Å². The van der Waals surface area contributed by atoms with E-state index in [1.54, 1.807) is 29.1 Å². The predicted octanol–water partition coefficient (Wildman–Crippen LogP) is 2.48. The maximum Gasteiger partial charge on any atom is 0.319 e. The molecule has 10 nitrogen and oxygen atoms in total. The van der Waals surface area contributed by atoms with E-state index in [4.69, 9.17) is 5.73 Å². The van der Waals surface area contributed by atoms with E-state index in [-0.39, 0.29) is 12.1 Å². The normalized spacial score (nSPS) is 14.2. The Morgan fingerprint density at radius 2 is 1.85 bits per heavy atom. The number of nitrogens with two attached hydrogens (primary N) is 1. The van der Waals surface area contributed by atoms with Gasteiger partial charge in [-0.2, -0.15) is 5.10 Å². The first-order valence-electron chi connectivity index (χ1n) is 10.9. The van der Waals surface area contributed by atoms with Gasteiger partial charge in [0.25, 0.3) is 0 Å². The Kier molecular flexibility index (Phi) is 6.25. The lowest BCUT2D eigenvalue weighted by Gasteiger charge is -2.33. The van der Waals surface area contributed by atoms with E-state index < -0.39 is 5.91 Å². The van der Waals surface area contributed by atoms with Crippen molar-refractivity contribution in [2.75, 3.05) is 23.3 Å². The minimum atomic E-state index is -0.566. The third-order valence-electron chi connectivity index (χ3n) is 5.59. The summed E-state index contributed by atoms with van der Waals surface area (Å²) in [6.45, 7) is 7.35. The van der Waals surface area contributed by atoms with E-state index in [0.29, 0.717) is 16.9 Å². The number of hydrogen-bond acceptors (Lipinski definition) is 6. The van der Waals surface area contributed by atoms with Gasteiger partial charge in [-0.1, -0.05) is 0 Å². The smallest absolute Gasteiger partial charge is 0.319 e. The van der Waals surface area contributed by atoms with Crippen LogP contribution in [-0.4, -0.2) is 50.8 Å². The van der Waals surface area contributed by atoms with E-state index in [2.05, 4.69) is 30.6 Å². The molecule has 0 bridgehead atoms. The number of anilines is 2. The average Bonchev–Trinajstić information content (AvgIpc) is 3.19. The first-order chi connectivity index (χ1) is 15.8. The van der Waals surface area contributed by atoms with Gasteiger partial charge in [-0.3, -0.25) is 4.79 Å². The number of nitrogens with one attached hydrogen (secondary N) is 2. The number of hydrogen-bond donors (Lipinski definition) is 3. The number of benzene rings is 1. The van der Waals surface area contributed by atoms with Crippen LogP contribution in [0.1, 0.15) is 40.3 Å². The molecule has 2 aromatic heterocycles. The van der Waals surface area contributed by atoms with Crippen molar-refractivity contribution >= 4 is 23.4 Å². The maximum absolute atomic E-state index is 12.8. The van der Waals surface area contributed by atoms with Gasteiger partial charge >= 0.3 is 6.03 Å². The fourth-order valence-corrected chi connectivity index (χ4v) is 3.99. The van der Waals surface area contributed by atoms with Gasteiger partial charge in [0.2, 0.25) is 5.91 Å². The number of aryl methyl sites for hydroxylation is 3. The summed E-state index contributed by atoms with van der Waals surface area (Å²) in [6, 6.07) is 6.57. The van der Waals surface area contributed by atoms with Crippen LogP contribution in [0.5, 0.6) is 0 Å². The van der Waals surface area contributed by atoms with Gasteiger partial charge in [-0.05, 0) is 57.4 Å². The Balaban J connectivity index is 1.42. The van der Waals surface area contributed by atoms with Gasteiger partial charge in [0.15, 0.2) is 0 Å². The SMILES string of the molecule is Cc1cnn(-c2ccc(C(N)=O)cc2NC(=O)NC2CCN(c3cc(C)nc(C)n3)CC2)c1. The molecular formula is C23H28N8O2. The van der Waals surface area contributed by atoms with Crippen molar-refractivity contribution in [3.05, 3.63) is 59.3 Å². The molecule has 4 rings (SSSR count). The highest BCUT2D eigenvalue weighted by Gasteiger charge is 2.22. The van der Waals surface area contributed by atoms with E-state index >= 15 is 0 Å². The zero-order chi connectivity index (χ0) is 23.5. The number of carbonyl (C=O) groups excluding carboxylic acids is 2. The second kappa shape index (κ2) is 9.27. The predicted molar refractivity (Wildman–Crippen MR) is 126 cm³/mol. The van der Waals surface area contributed by atoms with Crippen molar-refractivity contribution in [2.24, 2.45) is 5.73 Å². The van der Waals surface area contributed by atoms with E-state index in [0.717, 1.165) is 48.8 Å². The zero-order valence-corrected chi connectivity index (χ0v) is 19.0. The number of carbonyl (C=O) groups is 2. The van der Waals surface area contributed by atoms with Crippen LogP contribution in [-0.2, 0) is 0 Å².